The molecule has 122 valence electrons. The molecule has 0 spiro atoms. The largest absolute Gasteiger partial charge is 0.492 e. The standard InChI is InChI=1S/C18H22ClN3O/c19-14-12-20-22(13-14)17-10-15-6-7-16(11-17)21(15)8-9-23-18-4-2-1-3-5-18/h1-5,12-13,15-17H,6-11H2. The van der Waals surface area contributed by atoms with Gasteiger partial charge in [0.2, 0.25) is 0 Å². The molecule has 0 amide bonds. The molecule has 0 aliphatic carbocycles. The lowest BCUT2D eigenvalue weighted by atomic mass is 9.97. The van der Waals surface area contributed by atoms with Crippen molar-refractivity contribution in [1.29, 1.82) is 0 Å². The number of hydrogen-bond donors (Lipinski definition) is 0. The molecular formula is C18H22ClN3O. The van der Waals surface area contributed by atoms with Gasteiger partial charge in [-0.25, -0.2) is 0 Å². The fourth-order valence-electron chi connectivity index (χ4n) is 4.13. The van der Waals surface area contributed by atoms with Crippen molar-refractivity contribution < 1.29 is 4.74 Å². The topological polar surface area (TPSA) is 30.3 Å². The Balaban J connectivity index is 1.33. The summed E-state index contributed by atoms with van der Waals surface area (Å²) in [5, 5.41) is 5.14. The minimum absolute atomic E-state index is 0.492. The molecule has 5 heteroatoms. The molecule has 2 unspecified atom stereocenters. The van der Waals surface area contributed by atoms with Crippen LogP contribution in [0.3, 0.4) is 0 Å². The molecule has 23 heavy (non-hydrogen) atoms. The normalized spacial score (nSPS) is 27.3. The number of hydrogen-bond acceptors (Lipinski definition) is 3. The molecule has 1 aromatic carbocycles. The van der Waals surface area contributed by atoms with E-state index in [1.807, 2.05) is 36.5 Å². The van der Waals surface area contributed by atoms with Gasteiger partial charge in [-0.05, 0) is 37.8 Å². The Morgan fingerprint density at radius 3 is 2.48 bits per heavy atom. The van der Waals surface area contributed by atoms with E-state index in [9.17, 15) is 0 Å². The van der Waals surface area contributed by atoms with Gasteiger partial charge in [0.25, 0.3) is 0 Å². The smallest absolute Gasteiger partial charge is 0.119 e. The van der Waals surface area contributed by atoms with Crippen molar-refractivity contribution in [2.45, 2.75) is 43.8 Å². The Labute approximate surface area is 142 Å². The summed E-state index contributed by atoms with van der Waals surface area (Å²) in [7, 11) is 0. The minimum Gasteiger partial charge on any atom is -0.492 e. The van der Waals surface area contributed by atoms with Crippen LogP contribution in [0.5, 0.6) is 5.75 Å². The highest BCUT2D eigenvalue weighted by atomic mass is 35.5. The first-order valence-corrected chi connectivity index (χ1v) is 8.80. The van der Waals surface area contributed by atoms with Crippen LogP contribution >= 0.6 is 11.6 Å². The number of benzene rings is 1. The predicted octanol–water partition coefficient (Wildman–Crippen LogP) is 3.78. The summed E-state index contributed by atoms with van der Waals surface area (Å²) >= 11 is 6.01. The monoisotopic (exact) mass is 331 g/mol. The second-order valence-electron chi connectivity index (χ2n) is 6.55. The summed E-state index contributed by atoms with van der Waals surface area (Å²) in [5.74, 6) is 0.959. The number of piperidine rings is 1. The summed E-state index contributed by atoms with van der Waals surface area (Å²) in [5.41, 5.74) is 0. The van der Waals surface area contributed by atoms with Gasteiger partial charge in [-0.1, -0.05) is 29.8 Å². The van der Waals surface area contributed by atoms with E-state index in [0.717, 1.165) is 23.9 Å². The Bertz CT molecular complexity index is 631. The average Bonchev–Trinajstić information content (AvgIpc) is 3.09. The summed E-state index contributed by atoms with van der Waals surface area (Å²) in [4.78, 5) is 2.64. The van der Waals surface area contributed by atoms with Crippen molar-refractivity contribution in [1.82, 2.24) is 14.7 Å². The number of halogens is 1. The third-order valence-corrected chi connectivity index (χ3v) is 5.36. The van der Waals surface area contributed by atoms with Crippen LogP contribution in [-0.2, 0) is 0 Å². The molecule has 2 aromatic rings. The molecule has 2 fully saturated rings. The van der Waals surface area contributed by atoms with Gasteiger partial charge in [-0.3, -0.25) is 9.58 Å². The third kappa shape index (κ3) is 3.24. The minimum atomic E-state index is 0.492. The van der Waals surface area contributed by atoms with Gasteiger partial charge < -0.3 is 4.74 Å². The Hall–Kier alpha value is -1.52. The van der Waals surface area contributed by atoms with E-state index >= 15 is 0 Å². The highest BCUT2D eigenvalue weighted by Crippen LogP contribution is 2.40. The van der Waals surface area contributed by atoms with E-state index in [0.29, 0.717) is 18.1 Å². The van der Waals surface area contributed by atoms with E-state index in [1.165, 1.54) is 25.7 Å². The number of rotatable bonds is 5. The number of para-hydroxylation sites is 1. The molecule has 1 aromatic heterocycles. The maximum atomic E-state index is 6.01. The molecule has 2 saturated heterocycles. The van der Waals surface area contributed by atoms with E-state index in [-0.39, 0.29) is 0 Å². The van der Waals surface area contributed by atoms with E-state index in [2.05, 4.69) is 14.7 Å². The van der Waals surface area contributed by atoms with Crippen LogP contribution in [0.1, 0.15) is 31.7 Å². The van der Waals surface area contributed by atoms with Gasteiger partial charge in [0.15, 0.2) is 0 Å². The van der Waals surface area contributed by atoms with Crippen LogP contribution in [0, 0.1) is 0 Å². The third-order valence-electron chi connectivity index (χ3n) is 5.16. The second kappa shape index (κ2) is 6.54. The molecule has 0 radical (unpaired) electrons. The van der Waals surface area contributed by atoms with Crippen LogP contribution in [0.25, 0.3) is 0 Å². The maximum Gasteiger partial charge on any atom is 0.119 e. The van der Waals surface area contributed by atoms with Gasteiger partial charge in [-0.2, -0.15) is 5.10 Å². The molecule has 4 rings (SSSR count). The average molecular weight is 332 g/mol. The molecule has 0 saturated carbocycles. The fourth-order valence-corrected chi connectivity index (χ4v) is 4.27. The lowest BCUT2D eigenvalue weighted by molar-refractivity contribution is 0.0861. The molecule has 3 heterocycles. The van der Waals surface area contributed by atoms with Crippen molar-refractivity contribution >= 4 is 11.6 Å². The van der Waals surface area contributed by atoms with Crippen LogP contribution in [-0.4, -0.2) is 39.9 Å². The number of aromatic nitrogens is 2. The molecular weight excluding hydrogens is 310 g/mol. The first-order chi connectivity index (χ1) is 11.3. The van der Waals surface area contributed by atoms with Crippen LogP contribution in [0.4, 0.5) is 0 Å². The molecule has 2 bridgehead atoms. The van der Waals surface area contributed by atoms with E-state index < -0.39 is 0 Å². The van der Waals surface area contributed by atoms with Crippen LogP contribution in [0.15, 0.2) is 42.7 Å². The van der Waals surface area contributed by atoms with E-state index in [4.69, 9.17) is 16.3 Å². The highest BCUT2D eigenvalue weighted by Gasteiger charge is 2.41. The zero-order chi connectivity index (χ0) is 15.6. The maximum absolute atomic E-state index is 6.01. The Morgan fingerprint density at radius 1 is 1.09 bits per heavy atom. The van der Waals surface area contributed by atoms with Crippen molar-refractivity contribution in [2.24, 2.45) is 0 Å². The van der Waals surface area contributed by atoms with Gasteiger partial charge in [0, 0.05) is 24.8 Å². The zero-order valence-electron chi connectivity index (χ0n) is 13.1. The van der Waals surface area contributed by atoms with Crippen molar-refractivity contribution in [3.8, 4) is 5.75 Å². The summed E-state index contributed by atoms with van der Waals surface area (Å²) in [6.45, 7) is 1.77. The zero-order valence-corrected chi connectivity index (χ0v) is 13.9. The SMILES string of the molecule is Clc1cnn(C2CC3CCC(C2)N3CCOc2ccccc2)c1. The molecule has 2 aliphatic rings. The quantitative estimate of drug-likeness (QED) is 0.835. The molecule has 0 N–H and O–H groups in total. The van der Waals surface area contributed by atoms with Gasteiger partial charge in [0.05, 0.1) is 17.3 Å². The molecule has 2 aliphatic heterocycles. The number of fused-ring (bicyclic) bond motifs is 2. The van der Waals surface area contributed by atoms with E-state index in [1.54, 1.807) is 6.20 Å². The molecule has 4 nitrogen and oxygen atoms in total. The summed E-state index contributed by atoms with van der Waals surface area (Å²) in [6.07, 6.45) is 8.62. The molecule has 2 atom stereocenters. The summed E-state index contributed by atoms with van der Waals surface area (Å²) in [6, 6.07) is 11.9. The van der Waals surface area contributed by atoms with Crippen LogP contribution in [0.2, 0.25) is 5.02 Å². The van der Waals surface area contributed by atoms with Crippen molar-refractivity contribution in [3.63, 3.8) is 0 Å². The first-order valence-electron chi connectivity index (χ1n) is 8.43. The lowest BCUT2D eigenvalue weighted by Crippen LogP contribution is -2.45. The Morgan fingerprint density at radius 2 is 1.83 bits per heavy atom. The van der Waals surface area contributed by atoms with Gasteiger partial charge in [0.1, 0.15) is 12.4 Å². The van der Waals surface area contributed by atoms with Gasteiger partial charge >= 0.3 is 0 Å². The number of nitrogens with zero attached hydrogens (tertiary/aromatic N) is 3. The highest BCUT2D eigenvalue weighted by molar-refractivity contribution is 6.30. The summed E-state index contributed by atoms with van der Waals surface area (Å²) < 4.78 is 7.93. The van der Waals surface area contributed by atoms with Crippen LogP contribution < -0.4 is 4.74 Å². The Kier molecular flexibility index (Phi) is 4.27. The first kappa shape index (κ1) is 15.0. The number of ether oxygens (including phenoxy) is 1. The lowest BCUT2D eigenvalue weighted by Gasteiger charge is -2.38. The predicted molar refractivity (Wildman–Crippen MR) is 91.0 cm³/mol. The van der Waals surface area contributed by atoms with Crippen molar-refractivity contribution in [3.05, 3.63) is 47.7 Å². The van der Waals surface area contributed by atoms with Crippen molar-refractivity contribution in [2.75, 3.05) is 13.2 Å². The fraction of sp³-hybridized carbons (Fsp3) is 0.500. The second-order valence-corrected chi connectivity index (χ2v) is 6.98. The van der Waals surface area contributed by atoms with Gasteiger partial charge in [-0.15, -0.1) is 0 Å².